The van der Waals surface area contributed by atoms with Crippen LogP contribution in [0.3, 0.4) is 0 Å². The van der Waals surface area contributed by atoms with E-state index in [9.17, 15) is 18.5 Å². The van der Waals surface area contributed by atoms with Crippen LogP contribution in [0.15, 0.2) is 23.1 Å². The molecule has 1 atom stereocenters. The maximum absolute atomic E-state index is 12.6. The Morgan fingerprint density at radius 1 is 1.48 bits per heavy atom. The molecule has 1 aliphatic heterocycles. The summed E-state index contributed by atoms with van der Waals surface area (Å²) in [6, 6.07) is 3.99. The third kappa shape index (κ3) is 2.99. The van der Waals surface area contributed by atoms with Gasteiger partial charge in [0.15, 0.2) is 4.90 Å². The molecule has 8 nitrogen and oxygen atoms in total. The highest BCUT2D eigenvalue weighted by molar-refractivity contribution is 7.89. The molecule has 1 heterocycles. The number of nitrogens with one attached hydrogen (secondary N) is 1. The molecule has 1 unspecified atom stereocenters. The van der Waals surface area contributed by atoms with Crippen molar-refractivity contribution >= 4 is 21.4 Å². The van der Waals surface area contributed by atoms with E-state index in [1.54, 1.807) is 7.05 Å². The number of methoxy groups -OCH3 is 1. The van der Waals surface area contributed by atoms with E-state index < -0.39 is 20.6 Å². The van der Waals surface area contributed by atoms with Crippen molar-refractivity contribution in [2.75, 3.05) is 32.6 Å². The number of benzene rings is 1. The molecule has 1 N–H and O–H groups in total. The predicted molar refractivity (Wildman–Crippen MR) is 76.8 cm³/mol. The molecular weight excluding hydrogens is 298 g/mol. The summed E-state index contributed by atoms with van der Waals surface area (Å²) in [4.78, 5) is 10.2. The van der Waals surface area contributed by atoms with Crippen molar-refractivity contribution in [1.82, 2.24) is 4.31 Å². The molecule has 0 spiro atoms. The van der Waals surface area contributed by atoms with Gasteiger partial charge in [-0.3, -0.25) is 10.1 Å². The van der Waals surface area contributed by atoms with Gasteiger partial charge in [-0.25, -0.2) is 8.42 Å². The second kappa shape index (κ2) is 5.96. The van der Waals surface area contributed by atoms with Gasteiger partial charge in [0.1, 0.15) is 0 Å². The predicted octanol–water partition coefficient (Wildman–Crippen LogP) is 1.05. The number of nitrogens with zero attached hydrogens (tertiary/aromatic N) is 2. The number of nitro groups is 1. The van der Waals surface area contributed by atoms with Gasteiger partial charge in [0.2, 0.25) is 10.0 Å². The molecule has 1 aromatic carbocycles. The first-order chi connectivity index (χ1) is 9.90. The summed E-state index contributed by atoms with van der Waals surface area (Å²) in [5.74, 6) is 0. The highest BCUT2D eigenvalue weighted by Gasteiger charge is 2.36. The Kier molecular flexibility index (Phi) is 4.45. The van der Waals surface area contributed by atoms with Gasteiger partial charge >= 0.3 is 0 Å². The van der Waals surface area contributed by atoms with E-state index in [1.165, 1.54) is 29.6 Å². The van der Waals surface area contributed by atoms with E-state index >= 15 is 0 Å². The molecule has 0 bridgehead atoms. The fourth-order valence-corrected chi connectivity index (χ4v) is 3.91. The molecule has 9 heteroatoms. The van der Waals surface area contributed by atoms with Crippen LogP contribution in [-0.2, 0) is 14.8 Å². The Labute approximate surface area is 122 Å². The van der Waals surface area contributed by atoms with Crippen molar-refractivity contribution < 1.29 is 18.1 Å². The lowest BCUT2D eigenvalue weighted by molar-refractivity contribution is -0.387. The molecule has 1 aliphatic rings. The Balaban J connectivity index is 2.43. The van der Waals surface area contributed by atoms with Crippen LogP contribution in [0.1, 0.15) is 6.42 Å². The van der Waals surface area contributed by atoms with Crippen LogP contribution in [0.5, 0.6) is 0 Å². The van der Waals surface area contributed by atoms with Gasteiger partial charge in [-0.2, -0.15) is 4.31 Å². The van der Waals surface area contributed by atoms with Crippen LogP contribution in [-0.4, -0.2) is 51.0 Å². The van der Waals surface area contributed by atoms with Gasteiger partial charge in [0.25, 0.3) is 5.69 Å². The van der Waals surface area contributed by atoms with Crippen LogP contribution < -0.4 is 5.32 Å². The topological polar surface area (TPSA) is 102 Å². The summed E-state index contributed by atoms with van der Waals surface area (Å²) in [6.07, 6.45) is 0.411. The standard InChI is InChI=1S/C12H17N3O5S/c1-13-9-3-4-12(11(7-9)15(16)17)21(18,19)14-6-5-10(8-14)20-2/h3-4,7,10,13H,5-6,8H2,1-2H3. The lowest BCUT2D eigenvalue weighted by atomic mass is 10.3. The zero-order valence-electron chi connectivity index (χ0n) is 11.8. The molecule has 0 saturated carbocycles. The van der Waals surface area contributed by atoms with Crippen LogP contribution in [0.4, 0.5) is 11.4 Å². The fraction of sp³-hybridized carbons (Fsp3) is 0.500. The van der Waals surface area contributed by atoms with E-state index in [4.69, 9.17) is 4.74 Å². The van der Waals surface area contributed by atoms with Crippen LogP contribution in [0, 0.1) is 10.1 Å². The Morgan fingerprint density at radius 2 is 2.19 bits per heavy atom. The highest BCUT2D eigenvalue weighted by atomic mass is 32.2. The quantitative estimate of drug-likeness (QED) is 0.643. The molecule has 0 aliphatic carbocycles. The zero-order chi connectivity index (χ0) is 15.6. The minimum Gasteiger partial charge on any atom is -0.388 e. The number of anilines is 1. The third-order valence-corrected chi connectivity index (χ3v) is 5.42. The number of ether oxygens (including phenoxy) is 1. The minimum absolute atomic E-state index is 0.171. The van der Waals surface area contributed by atoms with Crippen molar-refractivity contribution in [3.63, 3.8) is 0 Å². The van der Waals surface area contributed by atoms with Gasteiger partial charge < -0.3 is 10.1 Å². The molecule has 2 rings (SSSR count). The van der Waals surface area contributed by atoms with Crippen LogP contribution >= 0.6 is 0 Å². The normalized spacial score (nSPS) is 19.6. The molecule has 0 radical (unpaired) electrons. The smallest absolute Gasteiger partial charge is 0.291 e. The minimum atomic E-state index is -3.90. The molecule has 1 saturated heterocycles. The lowest BCUT2D eigenvalue weighted by Gasteiger charge is -2.16. The van der Waals surface area contributed by atoms with E-state index in [0.29, 0.717) is 18.7 Å². The van der Waals surface area contributed by atoms with Crippen molar-refractivity contribution in [3.05, 3.63) is 28.3 Å². The van der Waals surface area contributed by atoms with Crippen molar-refractivity contribution in [2.45, 2.75) is 17.4 Å². The van der Waals surface area contributed by atoms with Crippen molar-refractivity contribution in [2.24, 2.45) is 0 Å². The lowest BCUT2D eigenvalue weighted by Crippen LogP contribution is -2.30. The van der Waals surface area contributed by atoms with E-state index in [0.717, 1.165) is 0 Å². The number of hydrogen-bond donors (Lipinski definition) is 1. The van der Waals surface area contributed by atoms with Crippen molar-refractivity contribution in [1.29, 1.82) is 0 Å². The second-order valence-corrected chi connectivity index (χ2v) is 6.61. The number of hydrogen-bond acceptors (Lipinski definition) is 6. The Morgan fingerprint density at radius 3 is 2.71 bits per heavy atom. The van der Waals surface area contributed by atoms with E-state index in [1.807, 2.05) is 0 Å². The molecule has 21 heavy (non-hydrogen) atoms. The summed E-state index contributed by atoms with van der Waals surface area (Å²) in [5.41, 5.74) is 0.0551. The summed E-state index contributed by atoms with van der Waals surface area (Å²) >= 11 is 0. The van der Waals surface area contributed by atoms with Crippen LogP contribution in [0.25, 0.3) is 0 Å². The van der Waals surface area contributed by atoms with Gasteiger partial charge in [-0.15, -0.1) is 0 Å². The summed E-state index contributed by atoms with van der Waals surface area (Å²) in [5, 5.41) is 13.9. The molecule has 1 fully saturated rings. The molecule has 0 amide bonds. The Hall–Kier alpha value is -1.71. The maximum Gasteiger partial charge on any atom is 0.291 e. The summed E-state index contributed by atoms with van der Waals surface area (Å²) < 4.78 is 31.5. The fourth-order valence-electron chi connectivity index (χ4n) is 2.28. The van der Waals surface area contributed by atoms with Crippen LogP contribution in [0.2, 0.25) is 0 Å². The third-order valence-electron chi connectivity index (χ3n) is 3.50. The average Bonchev–Trinajstić information content (AvgIpc) is 2.96. The van der Waals surface area contributed by atoms with Gasteiger partial charge in [0, 0.05) is 39.0 Å². The average molecular weight is 315 g/mol. The number of rotatable bonds is 5. The summed E-state index contributed by atoms with van der Waals surface area (Å²) in [7, 11) is -0.772. The van der Waals surface area contributed by atoms with E-state index in [2.05, 4.69) is 5.32 Å². The first-order valence-electron chi connectivity index (χ1n) is 6.39. The SMILES string of the molecule is CNc1ccc(S(=O)(=O)N2CCC(OC)C2)c([N+](=O)[O-])c1. The van der Waals surface area contributed by atoms with E-state index in [-0.39, 0.29) is 17.5 Å². The largest absolute Gasteiger partial charge is 0.388 e. The number of nitro benzene ring substituents is 1. The summed E-state index contributed by atoms with van der Waals surface area (Å²) in [6.45, 7) is 0.509. The zero-order valence-corrected chi connectivity index (χ0v) is 12.6. The van der Waals surface area contributed by atoms with Gasteiger partial charge in [-0.05, 0) is 18.6 Å². The first kappa shape index (κ1) is 15.7. The van der Waals surface area contributed by atoms with Crippen molar-refractivity contribution in [3.8, 4) is 0 Å². The molecule has 116 valence electrons. The Bertz CT molecular complexity index is 646. The molecular formula is C12H17N3O5S. The second-order valence-electron chi connectivity index (χ2n) is 4.70. The first-order valence-corrected chi connectivity index (χ1v) is 7.83. The molecule has 0 aromatic heterocycles. The van der Waals surface area contributed by atoms with Gasteiger partial charge in [-0.1, -0.05) is 0 Å². The highest BCUT2D eigenvalue weighted by Crippen LogP contribution is 2.31. The monoisotopic (exact) mass is 315 g/mol. The number of sulfonamides is 1. The molecule has 1 aromatic rings. The van der Waals surface area contributed by atoms with Gasteiger partial charge in [0.05, 0.1) is 11.0 Å². The maximum atomic E-state index is 12.6.